The number of anilines is 1. The van der Waals surface area contributed by atoms with Crippen LogP contribution in [0.1, 0.15) is 30.6 Å². The number of amides is 2. The normalized spacial score (nSPS) is 17.5. The van der Waals surface area contributed by atoms with Gasteiger partial charge in [0.2, 0.25) is 11.8 Å². The molecule has 1 aliphatic rings. The quantitative estimate of drug-likeness (QED) is 0.859. The fourth-order valence-corrected chi connectivity index (χ4v) is 2.39. The minimum Gasteiger partial charge on any atom is -0.489 e. The van der Waals surface area contributed by atoms with Crippen molar-refractivity contribution in [3.05, 3.63) is 23.8 Å². The molecule has 1 saturated heterocycles. The summed E-state index contributed by atoms with van der Waals surface area (Å²) in [4.78, 5) is 36.5. The number of carboxylic acids is 1. The van der Waals surface area contributed by atoms with Crippen LogP contribution in [-0.4, -0.2) is 47.5 Å². The van der Waals surface area contributed by atoms with Gasteiger partial charge in [-0.25, -0.2) is 4.79 Å². The number of nitrogens with zero attached hydrogens (tertiary/aromatic N) is 1. The fourth-order valence-electron chi connectivity index (χ4n) is 2.39. The number of hydrogen-bond acceptors (Lipinski definition) is 4. The third kappa shape index (κ3) is 4.00. The lowest BCUT2D eigenvalue weighted by molar-refractivity contribution is -0.127. The van der Waals surface area contributed by atoms with Gasteiger partial charge in [0.15, 0.2) is 0 Å². The van der Waals surface area contributed by atoms with E-state index >= 15 is 0 Å². The Labute approximate surface area is 134 Å². The summed E-state index contributed by atoms with van der Waals surface area (Å²) in [5.41, 5.74) is 0.349. The first-order valence-electron chi connectivity index (χ1n) is 7.36. The van der Waals surface area contributed by atoms with Crippen LogP contribution < -0.4 is 10.1 Å². The molecule has 0 aromatic heterocycles. The fraction of sp³-hybridized carbons (Fsp3) is 0.438. The maximum atomic E-state index is 12.3. The van der Waals surface area contributed by atoms with Crippen LogP contribution >= 0.6 is 0 Å². The molecule has 0 bridgehead atoms. The van der Waals surface area contributed by atoms with Crippen molar-refractivity contribution in [2.75, 3.05) is 18.9 Å². The van der Waals surface area contributed by atoms with Crippen molar-refractivity contribution in [2.24, 2.45) is 5.92 Å². The molecule has 2 N–H and O–H groups in total. The summed E-state index contributed by atoms with van der Waals surface area (Å²) in [6.07, 6.45) is 0.0296. The smallest absolute Gasteiger partial charge is 0.335 e. The Morgan fingerprint density at radius 3 is 2.61 bits per heavy atom. The average molecular weight is 320 g/mol. The number of aromatic carboxylic acids is 1. The van der Waals surface area contributed by atoms with Crippen molar-refractivity contribution in [3.8, 4) is 5.75 Å². The Bertz CT molecular complexity index is 641. The third-order valence-corrected chi connectivity index (χ3v) is 3.56. The summed E-state index contributed by atoms with van der Waals surface area (Å²) < 4.78 is 5.60. The molecule has 124 valence electrons. The number of likely N-dealkylation sites (tertiary alicyclic amines) is 1. The largest absolute Gasteiger partial charge is 0.489 e. The van der Waals surface area contributed by atoms with E-state index in [-0.39, 0.29) is 29.9 Å². The number of carboxylic acid groups (broad SMARTS) is 1. The zero-order valence-corrected chi connectivity index (χ0v) is 13.3. The van der Waals surface area contributed by atoms with Crippen LogP contribution in [0, 0.1) is 5.92 Å². The molecule has 1 aromatic carbocycles. The lowest BCUT2D eigenvalue weighted by Crippen LogP contribution is -2.26. The summed E-state index contributed by atoms with van der Waals surface area (Å²) in [6.45, 7) is 4.02. The van der Waals surface area contributed by atoms with E-state index in [0.717, 1.165) is 0 Å². The molecule has 1 fully saturated rings. The Morgan fingerprint density at radius 1 is 1.39 bits per heavy atom. The summed E-state index contributed by atoms with van der Waals surface area (Å²) in [7, 11) is 1.65. The standard InChI is InChI=1S/C16H20N2O5/c1-9(2)23-13-5-4-10(16(21)22)6-12(13)17-15(20)11-7-14(19)18(3)8-11/h4-6,9,11H,7-8H2,1-3H3,(H,17,20)(H,21,22). The van der Waals surface area contributed by atoms with Crippen LogP contribution in [0.5, 0.6) is 5.75 Å². The molecule has 1 heterocycles. The number of carbonyl (C=O) groups is 3. The van der Waals surface area contributed by atoms with E-state index in [1.807, 2.05) is 13.8 Å². The molecule has 1 unspecified atom stereocenters. The van der Waals surface area contributed by atoms with Crippen molar-refractivity contribution >= 4 is 23.5 Å². The van der Waals surface area contributed by atoms with Gasteiger partial charge in [0.1, 0.15) is 5.75 Å². The molecule has 0 radical (unpaired) electrons. The van der Waals surface area contributed by atoms with E-state index in [1.165, 1.54) is 23.1 Å². The molecule has 0 spiro atoms. The SMILES string of the molecule is CC(C)Oc1ccc(C(=O)O)cc1NC(=O)C1CC(=O)N(C)C1. The molecular weight excluding hydrogens is 300 g/mol. The van der Waals surface area contributed by atoms with E-state index in [9.17, 15) is 14.4 Å². The minimum absolute atomic E-state index is 0.0519. The van der Waals surface area contributed by atoms with Crippen molar-refractivity contribution in [1.82, 2.24) is 4.90 Å². The minimum atomic E-state index is -1.09. The van der Waals surface area contributed by atoms with Gasteiger partial charge < -0.3 is 20.1 Å². The Hall–Kier alpha value is -2.57. The average Bonchev–Trinajstić information content (AvgIpc) is 2.80. The number of rotatable bonds is 5. The molecule has 1 atom stereocenters. The molecule has 1 aromatic rings. The zero-order chi connectivity index (χ0) is 17.1. The molecule has 0 aliphatic carbocycles. The monoisotopic (exact) mass is 320 g/mol. The zero-order valence-electron chi connectivity index (χ0n) is 13.3. The van der Waals surface area contributed by atoms with E-state index in [2.05, 4.69) is 5.32 Å². The van der Waals surface area contributed by atoms with E-state index in [1.54, 1.807) is 7.05 Å². The molecular formula is C16H20N2O5. The van der Waals surface area contributed by atoms with Gasteiger partial charge in [-0.2, -0.15) is 0 Å². The van der Waals surface area contributed by atoms with Crippen LogP contribution in [0.15, 0.2) is 18.2 Å². The molecule has 2 rings (SSSR count). The van der Waals surface area contributed by atoms with Gasteiger partial charge >= 0.3 is 5.97 Å². The molecule has 7 heteroatoms. The van der Waals surface area contributed by atoms with Crippen molar-refractivity contribution in [2.45, 2.75) is 26.4 Å². The summed E-state index contributed by atoms with van der Waals surface area (Å²) in [6, 6.07) is 4.30. The first-order valence-corrected chi connectivity index (χ1v) is 7.36. The maximum absolute atomic E-state index is 12.3. The van der Waals surface area contributed by atoms with E-state index in [0.29, 0.717) is 18.0 Å². The number of hydrogen-bond donors (Lipinski definition) is 2. The lowest BCUT2D eigenvalue weighted by atomic mass is 10.1. The number of ether oxygens (including phenoxy) is 1. The highest BCUT2D eigenvalue weighted by Crippen LogP contribution is 2.28. The molecule has 2 amide bonds. The van der Waals surface area contributed by atoms with Gasteiger partial charge in [-0.15, -0.1) is 0 Å². The maximum Gasteiger partial charge on any atom is 0.335 e. The Balaban J connectivity index is 2.22. The van der Waals surface area contributed by atoms with Gasteiger partial charge in [-0.1, -0.05) is 0 Å². The van der Waals surface area contributed by atoms with Crippen LogP contribution in [0.2, 0.25) is 0 Å². The first kappa shape index (κ1) is 16.8. The number of carbonyl (C=O) groups excluding carboxylic acids is 2. The third-order valence-electron chi connectivity index (χ3n) is 3.56. The van der Waals surface area contributed by atoms with Gasteiger partial charge in [-0.05, 0) is 32.0 Å². The van der Waals surface area contributed by atoms with Crippen LogP contribution in [0.25, 0.3) is 0 Å². The van der Waals surface area contributed by atoms with E-state index < -0.39 is 11.9 Å². The summed E-state index contributed by atoms with van der Waals surface area (Å²) >= 11 is 0. The summed E-state index contributed by atoms with van der Waals surface area (Å²) in [5, 5.41) is 11.8. The van der Waals surface area contributed by atoms with Crippen molar-refractivity contribution < 1.29 is 24.2 Å². The van der Waals surface area contributed by atoms with Gasteiger partial charge in [-0.3, -0.25) is 9.59 Å². The van der Waals surface area contributed by atoms with Gasteiger partial charge in [0.25, 0.3) is 0 Å². The first-order chi connectivity index (χ1) is 10.8. The topological polar surface area (TPSA) is 95.9 Å². The Morgan fingerprint density at radius 2 is 2.09 bits per heavy atom. The highest BCUT2D eigenvalue weighted by Gasteiger charge is 2.32. The summed E-state index contributed by atoms with van der Waals surface area (Å²) in [5.74, 6) is -1.54. The second-order valence-electron chi connectivity index (χ2n) is 5.85. The van der Waals surface area contributed by atoms with Crippen LogP contribution in [-0.2, 0) is 9.59 Å². The van der Waals surface area contributed by atoms with Gasteiger partial charge in [0, 0.05) is 20.0 Å². The molecule has 0 saturated carbocycles. The van der Waals surface area contributed by atoms with Gasteiger partial charge in [0.05, 0.1) is 23.3 Å². The van der Waals surface area contributed by atoms with Crippen molar-refractivity contribution in [1.29, 1.82) is 0 Å². The number of nitrogens with one attached hydrogen (secondary N) is 1. The highest BCUT2D eigenvalue weighted by atomic mass is 16.5. The molecule has 23 heavy (non-hydrogen) atoms. The van der Waals surface area contributed by atoms with E-state index in [4.69, 9.17) is 9.84 Å². The van der Waals surface area contributed by atoms with Crippen LogP contribution in [0.4, 0.5) is 5.69 Å². The van der Waals surface area contributed by atoms with Crippen LogP contribution in [0.3, 0.4) is 0 Å². The Kier molecular flexibility index (Phi) is 4.88. The second-order valence-corrected chi connectivity index (χ2v) is 5.85. The van der Waals surface area contributed by atoms with Crippen molar-refractivity contribution in [3.63, 3.8) is 0 Å². The number of benzene rings is 1. The molecule has 1 aliphatic heterocycles. The molecule has 7 nitrogen and oxygen atoms in total. The second kappa shape index (κ2) is 6.68. The lowest BCUT2D eigenvalue weighted by Gasteiger charge is -2.17. The predicted molar refractivity (Wildman–Crippen MR) is 83.5 cm³/mol. The predicted octanol–water partition coefficient (Wildman–Crippen LogP) is 1.59. The highest BCUT2D eigenvalue weighted by molar-refractivity contribution is 5.99.